The lowest BCUT2D eigenvalue weighted by atomic mass is 10.1. The van der Waals surface area contributed by atoms with E-state index in [2.05, 4.69) is 22.4 Å². The lowest BCUT2D eigenvalue weighted by molar-refractivity contribution is 0.322. The molecule has 3 rings (SSSR count). The first kappa shape index (κ1) is 9.21. The third-order valence-corrected chi connectivity index (χ3v) is 3.17. The summed E-state index contributed by atoms with van der Waals surface area (Å²) in [6, 6.07) is 8.16. The molecule has 2 aromatic rings. The van der Waals surface area contributed by atoms with Crippen molar-refractivity contribution in [1.29, 1.82) is 0 Å². The Kier molecular flexibility index (Phi) is 1.86. The maximum atomic E-state index is 8.75. The van der Waals surface area contributed by atoms with Crippen LogP contribution in [0.4, 0.5) is 0 Å². The average molecular weight is 212 g/mol. The molecule has 1 aromatic carbocycles. The highest BCUT2D eigenvalue weighted by Crippen LogP contribution is 2.35. The zero-order valence-electron chi connectivity index (χ0n) is 8.85. The van der Waals surface area contributed by atoms with E-state index < -0.39 is 0 Å². The summed E-state index contributed by atoms with van der Waals surface area (Å²) >= 11 is 0. The molecule has 0 saturated heterocycles. The third-order valence-electron chi connectivity index (χ3n) is 3.17. The van der Waals surface area contributed by atoms with Crippen LogP contribution in [0.5, 0.6) is 0 Å². The van der Waals surface area contributed by atoms with Gasteiger partial charge in [-0.05, 0) is 18.1 Å². The van der Waals surface area contributed by atoms with E-state index in [1.807, 2.05) is 18.2 Å². The fourth-order valence-corrected chi connectivity index (χ4v) is 2.50. The van der Waals surface area contributed by atoms with Crippen molar-refractivity contribution in [2.24, 2.45) is 5.16 Å². The van der Waals surface area contributed by atoms with Crippen LogP contribution in [0.15, 0.2) is 36.0 Å². The number of nitrogens with zero attached hydrogens (tertiary/aromatic N) is 2. The molecule has 3 heteroatoms. The van der Waals surface area contributed by atoms with Crippen molar-refractivity contribution in [2.45, 2.75) is 13.0 Å². The molecule has 1 aromatic heterocycles. The number of allylic oxidation sites excluding steroid dienone is 1. The molecule has 0 unspecified atom stereocenters. The van der Waals surface area contributed by atoms with Crippen LogP contribution in [0.1, 0.15) is 17.7 Å². The van der Waals surface area contributed by atoms with E-state index in [4.69, 9.17) is 5.21 Å². The van der Waals surface area contributed by atoms with Crippen LogP contribution in [0, 0.1) is 0 Å². The second-order valence-corrected chi connectivity index (χ2v) is 4.03. The smallest absolute Gasteiger partial charge is 0.0761 e. The van der Waals surface area contributed by atoms with E-state index in [0.29, 0.717) is 0 Å². The van der Waals surface area contributed by atoms with Gasteiger partial charge in [-0.3, -0.25) is 0 Å². The highest BCUT2D eigenvalue weighted by atomic mass is 16.4. The van der Waals surface area contributed by atoms with Crippen LogP contribution in [0.2, 0.25) is 0 Å². The molecule has 1 aliphatic rings. The lowest BCUT2D eigenvalue weighted by Crippen LogP contribution is -1.91. The fraction of sp³-hybridized carbons (Fsp3) is 0.154. The Balaban J connectivity index is 2.45. The molecule has 0 saturated carbocycles. The van der Waals surface area contributed by atoms with Crippen LogP contribution in [0.3, 0.4) is 0 Å². The maximum Gasteiger partial charge on any atom is 0.0761 e. The van der Waals surface area contributed by atoms with Gasteiger partial charge in [-0.2, -0.15) is 0 Å². The van der Waals surface area contributed by atoms with E-state index in [-0.39, 0.29) is 0 Å². The number of oxime groups is 1. The summed E-state index contributed by atoms with van der Waals surface area (Å²) in [7, 11) is 0. The Labute approximate surface area is 93.3 Å². The number of aryl methyl sites for hydroxylation is 1. The summed E-state index contributed by atoms with van der Waals surface area (Å²) < 4.78 is 2.24. The molecule has 3 nitrogen and oxygen atoms in total. The molecule has 0 atom stereocenters. The molecule has 16 heavy (non-hydrogen) atoms. The zero-order valence-corrected chi connectivity index (χ0v) is 8.85. The zero-order chi connectivity index (χ0) is 11.1. The van der Waals surface area contributed by atoms with E-state index in [0.717, 1.165) is 35.2 Å². The molecule has 0 aliphatic carbocycles. The Morgan fingerprint density at radius 2 is 2.19 bits per heavy atom. The Hall–Kier alpha value is -2.03. The topological polar surface area (TPSA) is 37.5 Å². The Morgan fingerprint density at radius 1 is 1.38 bits per heavy atom. The molecular formula is C13H12N2O. The largest absolute Gasteiger partial charge is 0.411 e. The Bertz CT molecular complexity index is 608. The van der Waals surface area contributed by atoms with Gasteiger partial charge in [0.1, 0.15) is 0 Å². The van der Waals surface area contributed by atoms with E-state index in [1.165, 1.54) is 11.7 Å². The summed E-state index contributed by atoms with van der Waals surface area (Å²) in [5, 5.41) is 13.0. The van der Waals surface area contributed by atoms with Crippen LogP contribution < -0.4 is 0 Å². The minimum atomic E-state index is 0.966. The molecule has 0 amide bonds. The monoisotopic (exact) mass is 212 g/mol. The minimum Gasteiger partial charge on any atom is -0.411 e. The highest BCUT2D eigenvalue weighted by Gasteiger charge is 2.22. The first-order valence-corrected chi connectivity index (χ1v) is 5.29. The molecular weight excluding hydrogens is 200 g/mol. The molecule has 1 N–H and O–H groups in total. The van der Waals surface area contributed by atoms with Crippen molar-refractivity contribution < 1.29 is 5.21 Å². The molecule has 80 valence electrons. The van der Waals surface area contributed by atoms with Gasteiger partial charge < -0.3 is 9.77 Å². The summed E-state index contributed by atoms with van der Waals surface area (Å²) in [6.45, 7) is 5.04. The van der Waals surface area contributed by atoms with Crippen LogP contribution >= 0.6 is 0 Å². The van der Waals surface area contributed by atoms with Crippen molar-refractivity contribution in [3.63, 3.8) is 0 Å². The SMILES string of the molecule is C=C1CCn2c1c(/C=N/O)c1ccccc12. The third kappa shape index (κ3) is 1.05. The average Bonchev–Trinajstić information content (AvgIpc) is 2.81. The summed E-state index contributed by atoms with van der Waals surface area (Å²) in [6.07, 6.45) is 2.48. The number of aromatic nitrogens is 1. The summed E-state index contributed by atoms with van der Waals surface area (Å²) in [5.41, 5.74) is 4.39. The highest BCUT2D eigenvalue weighted by molar-refractivity contribution is 6.05. The summed E-state index contributed by atoms with van der Waals surface area (Å²) in [4.78, 5) is 0. The molecule has 0 fully saturated rings. The standard InChI is InChI=1S/C13H12N2O/c1-9-6-7-15-12-5-3-2-4-10(12)11(8-14-16)13(9)15/h2-5,8,16H,1,6-7H2/b14-8+. The van der Waals surface area contributed by atoms with E-state index >= 15 is 0 Å². The molecule has 0 spiro atoms. The number of hydrogen-bond acceptors (Lipinski definition) is 2. The van der Waals surface area contributed by atoms with Crippen molar-refractivity contribution >= 4 is 22.7 Å². The van der Waals surface area contributed by atoms with Gasteiger partial charge in [0.25, 0.3) is 0 Å². The number of fused-ring (bicyclic) bond motifs is 3. The lowest BCUT2D eigenvalue weighted by Gasteiger charge is -1.97. The van der Waals surface area contributed by atoms with Gasteiger partial charge >= 0.3 is 0 Å². The van der Waals surface area contributed by atoms with Crippen LogP contribution in [0.25, 0.3) is 16.5 Å². The predicted molar refractivity (Wildman–Crippen MR) is 65.0 cm³/mol. The van der Waals surface area contributed by atoms with Gasteiger partial charge in [-0.1, -0.05) is 29.9 Å². The number of rotatable bonds is 1. The van der Waals surface area contributed by atoms with Gasteiger partial charge in [-0.15, -0.1) is 0 Å². The first-order chi connectivity index (χ1) is 7.83. The normalized spacial score (nSPS) is 15.1. The Morgan fingerprint density at radius 3 is 3.00 bits per heavy atom. The number of hydrogen-bond donors (Lipinski definition) is 1. The van der Waals surface area contributed by atoms with Crippen molar-refractivity contribution in [2.75, 3.05) is 0 Å². The fourth-order valence-electron chi connectivity index (χ4n) is 2.50. The van der Waals surface area contributed by atoms with Gasteiger partial charge in [-0.25, -0.2) is 0 Å². The van der Waals surface area contributed by atoms with Crippen molar-refractivity contribution in [3.8, 4) is 0 Å². The van der Waals surface area contributed by atoms with Crippen LogP contribution in [-0.2, 0) is 6.54 Å². The van der Waals surface area contributed by atoms with Gasteiger partial charge in [0.2, 0.25) is 0 Å². The van der Waals surface area contributed by atoms with E-state index in [9.17, 15) is 0 Å². The maximum absolute atomic E-state index is 8.75. The predicted octanol–water partition coefficient (Wildman–Crippen LogP) is 2.87. The molecule has 2 heterocycles. The van der Waals surface area contributed by atoms with Gasteiger partial charge in [0.15, 0.2) is 0 Å². The molecule has 1 aliphatic heterocycles. The number of para-hydroxylation sites is 1. The van der Waals surface area contributed by atoms with Crippen LogP contribution in [-0.4, -0.2) is 16.0 Å². The van der Waals surface area contributed by atoms with Gasteiger partial charge in [0.05, 0.1) is 11.9 Å². The van der Waals surface area contributed by atoms with Crippen molar-refractivity contribution in [3.05, 3.63) is 42.1 Å². The number of benzene rings is 1. The minimum absolute atomic E-state index is 0.966. The quantitative estimate of drug-likeness (QED) is 0.440. The second kappa shape index (κ2) is 3.23. The van der Waals surface area contributed by atoms with Gasteiger partial charge in [0, 0.05) is 23.0 Å². The van der Waals surface area contributed by atoms with E-state index in [1.54, 1.807) is 0 Å². The van der Waals surface area contributed by atoms with Crippen molar-refractivity contribution in [1.82, 2.24) is 4.57 Å². The summed E-state index contributed by atoms with van der Waals surface area (Å²) in [5.74, 6) is 0. The molecule has 0 bridgehead atoms. The second-order valence-electron chi connectivity index (χ2n) is 4.03. The molecule has 0 radical (unpaired) electrons. The first-order valence-electron chi connectivity index (χ1n) is 5.29.